The number of Topliss-reactive ketones (excluding diaryl/α,β-unsaturated/α-hetero) is 1. The molecule has 0 N–H and O–H groups in total. The maximum absolute atomic E-state index is 12.8. The number of halogens is 1. The summed E-state index contributed by atoms with van der Waals surface area (Å²) >= 11 is 3.52. The zero-order valence-corrected chi connectivity index (χ0v) is 15.5. The van der Waals surface area contributed by atoms with E-state index in [4.69, 9.17) is 4.74 Å². The quantitative estimate of drug-likeness (QED) is 0.541. The lowest BCUT2D eigenvalue weighted by molar-refractivity contribution is 0.0988. The van der Waals surface area contributed by atoms with Gasteiger partial charge in [0.15, 0.2) is 5.78 Å². The summed E-state index contributed by atoms with van der Waals surface area (Å²) in [5, 5.41) is 0. The molecule has 1 heterocycles. The van der Waals surface area contributed by atoms with Gasteiger partial charge in [-0.15, -0.1) is 0 Å². The lowest BCUT2D eigenvalue weighted by Crippen LogP contribution is -2.08. The Morgan fingerprint density at radius 2 is 1.84 bits per heavy atom. The molecular formula is C21H18BrNO2. The molecule has 0 atom stereocenters. The average Bonchev–Trinajstić information content (AvgIpc) is 2.64. The van der Waals surface area contributed by atoms with Crippen LogP contribution in [0.4, 0.5) is 0 Å². The molecule has 1 aromatic heterocycles. The first kappa shape index (κ1) is 17.4. The third kappa shape index (κ3) is 4.54. The Balaban J connectivity index is 1.84. The second kappa shape index (κ2) is 8.08. The van der Waals surface area contributed by atoms with E-state index in [2.05, 4.69) is 20.9 Å². The molecule has 0 aliphatic heterocycles. The number of hydrogen-bond acceptors (Lipinski definition) is 3. The Morgan fingerprint density at radius 1 is 1.08 bits per heavy atom. The van der Waals surface area contributed by atoms with Gasteiger partial charge in [-0.2, -0.15) is 0 Å². The van der Waals surface area contributed by atoms with Crippen molar-refractivity contribution in [2.24, 2.45) is 0 Å². The molecule has 0 aliphatic carbocycles. The molecule has 0 aliphatic rings. The van der Waals surface area contributed by atoms with E-state index < -0.39 is 0 Å². The smallest absolute Gasteiger partial charge is 0.171 e. The molecule has 0 saturated carbocycles. The maximum Gasteiger partial charge on any atom is 0.171 e. The van der Waals surface area contributed by atoms with Crippen LogP contribution in [0.2, 0.25) is 0 Å². The van der Waals surface area contributed by atoms with Crippen molar-refractivity contribution in [1.29, 1.82) is 0 Å². The number of hydrogen-bond donors (Lipinski definition) is 0. The van der Waals surface area contributed by atoms with Gasteiger partial charge in [-0.05, 0) is 41.8 Å². The fraction of sp³-hybridized carbons (Fsp3) is 0.143. The monoisotopic (exact) mass is 395 g/mol. The second-order valence-corrected chi connectivity index (χ2v) is 6.69. The van der Waals surface area contributed by atoms with Gasteiger partial charge >= 0.3 is 0 Å². The van der Waals surface area contributed by atoms with Gasteiger partial charge in [0.1, 0.15) is 12.4 Å². The molecule has 0 radical (unpaired) electrons. The Kier molecular flexibility index (Phi) is 5.61. The molecule has 3 rings (SSSR count). The van der Waals surface area contributed by atoms with Crippen molar-refractivity contribution in [2.75, 3.05) is 0 Å². The first-order chi connectivity index (χ1) is 12.1. The standard InChI is InChI=1S/C21H18BrNO2/c1-15-10-18(20(24)11-17-8-5-9-23-13-17)21(12-19(15)22)25-14-16-6-3-2-4-7-16/h2-10,12-13H,11,14H2,1H3. The minimum atomic E-state index is 0.0201. The predicted octanol–water partition coefficient (Wildman–Crippen LogP) is 5.16. The van der Waals surface area contributed by atoms with E-state index in [1.54, 1.807) is 12.4 Å². The summed E-state index contributed by atoms with van der Waals surface area (Å²) in [4.78, 5) is 16.9. The molecule has 3 nitrogen and oxygen atoms in total. The maximum atomic E-state index is 12.8. The molecule has 0 spiro atoms. The largest absolute Gasteiger partial charge is 0.488 e. The molecule has 0 saturated heterocycles. The first-order valence-electron chi connectivity index (χ1n) is 8.02. The van der Waals surface area contributed by atoms with Crippen molar-refractivity contribution in [1.82, 2.24) is 4.98 Å². The summed E-state index contributed by atoms with van der Waals surface area (Å²) in [5.74, 6) is 0.613. The molecule has 3 aromatic rings. The SMILES string of the molecule is Cc1cc(C(=O)Cc2cccnc2)c(OCc2ccccc2)cc1Br. The zero-order valence-electron chi connectivity index (χ0n) is 13.9. The number of carbonyl (C=O) groups excluding carboxylic acids is 1. The number of aromatic nitrogens is 1. The van der Waals surface area contributed by atoms with E-state index in [0.29, 0.717) is 24.3 Å². The highest BCUT2D eigenvalue weighted by atomic mass is 79.9. The van der Waals surface area contributed by atoms with Crippen molar-refractivity contribution in [3.05, 3.63) is 93.7 Å². The number of nitrogens with zero attached hydrogens (tertiary/aromatic N) is 1. The first-order valence-corrected chi connectivity index (χ1v) is 8.82. The van der Waals surface area contributed by atoms with Gasteiger partial charge in [-0.1, -0.05) is 52.3 Å². The van der Waals surface area contributed by atoms with E-state index in [0.717, 1.165) is 21.2 Å². The third-order valence-electron chi connectivity index (χ3n) is 3.89. The van der Waals surface area contributed by atoms with Crippen LogP contribution in [0.1, 0.15) is 27.0 Å². The van der Waals surface area contributed by atoms with Crippen molar-refractivity contribution < 1.29 is 9.53 Å². The highest BCUT2D eigenvalue weighted by molar-refractivity contribution is 9.10. The predicted molar refractivity (Wildman–Crippen MR) is 102 cm³/mol. The molecular weight excluding hydrogens is 378 g/mol. The highest BCUT2D eigenvalue weighted by Gasteiger charge is 2.16. The average molecular weight is 396 g/mol. The van der Waals surface area contributed by atoms with Crippen LogP contribution >= 0.6 is 15.9 Å². The summed E-state index contributed by atoms with van der Waals surface area (Å²) in [5.41, 5.74) is 3.55. The topological polar surface area (TPSA) is 39.2 Å². The molecule has 0 amide bonds. The Labute approximate surface area is 155 Å². The van der Waals surface area contributed by atoms with Gasteiger partial charge in [0, 0.05) is 23.3 Å². The van der Waals surface area contributed by atoms with Crippen LogP contribution in [0.5, 0.6) is 5.75 Å². The minimum Gasteiger partial charge on any atom is -0.488 e. The Hall–Kier alpha value is -2.46. The molecule has 0 unspecified atom stereocenters. The van der Waals surface area contributed by atoms with E-state index in [1.165, 1.54) is 0 Å². The summed E-state index contributed by atoms with van der Waals surface area (Å²) < 4.78 is 6.88. The fourth-order valence-corrected chi connectivity index (χ4v) is 2.84. The van der Waals surface area contributed by atoms with Crippen LogP contribution in [-0.2, 0) is 13.0 Å². The molecule has 2 aromatic carbocycles. The zero-order chi connectivity index (χ0) is 17.6. The van der Waals surface area contributed by atoms with Crippen LogP contribution in [0, 0.1) is 6.92 Å². The minimum absolute atomic E-state index is 0.0201. The van der Waals surface area contributed by atoms with Crippen molar-refractivity contribution >= 4 is 21.7 Å². The normalized spacial score (nSPS) is 10.5. The number of pyridine rings is 1. The summed E-state index contributed by atoms with van der Waals surface area (Å²) in [7, 11) is 0. The molecule has 25 heavy (non-hydrogen) atoms. The van der Waals surface area contributed by atoms with E-state index in [9.17, 15) is 4.79 Å². The van der Waals surface area contributed by atoms with Crippen LogP contribution < -0.4 is 4.74 Å². The van der Waals surface area contributed by atoms with Crippen molar-refractivity contribution in [3.63, 3.8) is 0 Å². The van der Waals surface area contributed by atoms with Crippen LogP contribution in [0.3, 0.4) is 0 Å². The molecule has 4 heteroatoms. The number of ether oxygens (including phenoxy) is 1. The van der Waals surface area contributed by atoms with E-state index in [1.807, 2.05) is 61.5 Å². The fourth-order valence-electron chi connectivity index (χ4n) is 2.52. The van der Waals surface area contributed by atoms with Crippen molar-refractivity contribution in [2.45, 2.75) is 20.0 Å². The number of rotatable bonds is 6. The number of ketones is 1. The summed E-state index contributed by atoms with van der Waals surface area (Å²) in [6.07, 6.45) is 3.72. The van der Waals surface area contributed by atoms with Crippen LogP contribution in [0.25, 0.3) is 0 Å². The summed E-state index contributed by atoms with van der Waals surface area (Å²) in [6, 6.07) is 17.4. The third-order valence-corrected chi connectivity index (χ3v) is 4.74. The Morgan fingerprint density at radius 3 is 2.56 bits per heavy atom. The van der Waals surface area contributed by atoms with Gasteiger partial charge < -0.3 is 4.74 Å². The lowest BCUT2D eigenvalue weighted by atomic mass is 10.0. The van der Waals surface area contributed by atoms with Gasteiger partial charge in [0.25, 0.3) is 0 Å². The molecule has 0 bridgehead atoms. The van der Waals surface area contributed by atoms with Gasteiger partial charge in [-0.25, -0.2) is 0 Å². The second-order valence-electron chi connectivity index (χ2n) is 5.83. The number of benzene rings is 2. The van der Waals surface area contributed by atoms with Crippen LogP contribution in [-0.4, -0.2) is 10.8 Å². The van der Waals surface area contributed by atoms with E-state index in [-0.39, 0.29) is 5.78 Å². The lowest BCUT2D eigenvalue weighted by Gasteiger charge is -2.13. The van der Waals surface area contributed by atoms with Gasteiger partial charge in [-0.3, -0.25) is 9.78 Å². The highest BCUT2D eigenvalue weighted by Crippen LogP contribution is 2.29. The van der Waals surface area contributed by atoms with Gasteiger partial charge in [0.05, 0.1) is 5.56 Å². The van der Waals surface area contributed by atoms with Crippen molar-refractivity contribution in [3.8, 4) is 5.75 Å². The number of carbonyl (C=O) groups is 1. The molecule has 0 fully saturated rings. The Bertz CT molecular complexity index is 864. The van der Waals surface area contributed by atoms with Gasteiger partial charge in [0.2, 0.25) is 0 Å². The van der Waals surface area contributed by atoms with Crippen LogP contribution in [0.15, 0.2) is 71.5 Å². The summed E-state index contributed by atoms with van der Waals surface area (Å²) in [6.45, 7) is 2.38. The molecule has 126 valence electrons. The van der Waals surface area contributed by atoms with E-state index >= 15 is 0 Å². The number of aryl methyl sites for hydroxylation is 1.